The Morgan fingerprint density at radius 1 is 1.29 bits per heavy atom. The molecule has 0 N–H and O–H groups in total. The molecule has 1 heterocycles. The molecular weight excluding hydrogens is 204 g/mol. The van der Waals surface area contributed by atoms with Gasteiger partial charge >= 0.3 is 0 Å². The number of hydrogen-bond donors (Lipinski definition) is 0. The Morgan fingerprint density at radius 2 is 2.07 bits per heavy atom. The second kappa shape index (κ2) is 3.42. The van der Waals surface area contributed by atoms with Crippen LogP contribution in [0.25, 0.3) is 0 Å². The minimum absolute atomic E-state index is 0.0565. The fourth-order valence-electron chi connectivity index (χ4n) is 1.37. The van der Waals surface area contributed by atoms with Gasteiger partial charge in [-0.25, -0.2) is 0 Å². The molecule has 0 saturated carbocycles. The second-order valence-electron chi connectivity index (χ2n) is 3.04. The largest absolute Gasteiger partial charge is 0.485 e. The molecule has 14 heavy (non-hydrogen) atoms. The summed E-state index contributed by atoms with van der Waals surface area (Å²) in [7, 11) is 0. The highest BCUT2D eigenvalue weighted by molar-refractivity contribution is 6.35. The van der Waals surface area contributed by atoms with Gasteiger partial charge in [-0.1, -0.05) is 17.7 Å². The Kier molecular flexibility index (Phi) is 2.25. The topological polar surface area (TPSA) is 43.4 Å². The molecule has 1 aliphatic rings. The van der Waals surface area contributed by atoms with E-state index >= 15 is 0 Å². The molecule has 0 atom stereocenters. The highest BCUT2D eigenvalue weighted by Crippen LogP contribution is 2.29. The van der Waals surface area contributed by atoms with Gasteiger partial charge in [0.2, 0.25) is 0 Å². The average molecular weight is 211 g/mol. The zero-order valence-electron chi connectivity index (χ0n) is 7.25. The standard InChI is InChI=1S/C10H7ClO3/c11-7-2-1-3-9-10(7)8(13)4-6(12)5-14-9/h1-3H,4-5H2. The average Bonchev–Trinajstić information content (AvgIpc) is 2.27. The minimum atomic E-state index is -0.270. The van der Waals surface area contributed by atoms with Gasteiger partial charge in [-0.05, 0) is 12.1 Å². The molecule has 0 spiro atoms. The summed E-state index contributed by atoms with van der Waals surface area (Å²) < 4.78 is 5.16. The summed E-state index contributed by atoms with van der Waals surface area (Å²) in [6, 6.07) is 4.93. The number of fused-ring (bicyclic) bond motifs is 1. The van der Waals surface area contributed by atoms with E-state index in [0.29, 0.717) is 16.3 Å². The Hall–Kier alpha value is -1.35. The predicted molar refractivity (Wildman–Crippen MR) is 50.9 cm³/mol. The van der Waals surface area contributed by atoms with E-state index in [1.807, 2.05) is 0 Å². The number of hydrogen-bond acceptors (Lipinski definition) is 3. The molecule has 0 fully saturated rings. The van der Waals surface area contributed by atoms with Crippen molar-refractivity contribution in [1.82, 2.24) is 0 Å². The summed E-state index contributed by atoms with van der Waals surface area (Å²) >= 11 is 5.85. The molecule has 0 unspecified atom stereocenters. The molecule has 0 bridgehead atoms. The second-order valence-corrected chi connectivity index (χ2v) is 3.45. The zero-order chi connectivity index (χ0) is 10.1. The lowest BCUT2D eigenvalue weighted by atomic mass is 10.1. The molecule has 1 aliphatic heterocycles. The van der Waals surface area contributed by atoms with Crippen LogP contribution in [0.15, 0.2) is 18.2 Å². The number of ether oxygens (including phenoxy) is 1. The Morgan fingerprint density at radius 3 is 2.86 bits per heavy atom. The van der Waals surface area contributed by atoms with Crippen LogP contribution in [0, 0.1) is 0 Å². The molecule has 0 aliphatic carbocycles. The highest BCUT2D eigenvalue weighted by atomic mass is 35.5. The van der Waals surface area contributed by atoms with Crippen LogP contribution in [0.2, 0.25) is 5.02 Å². The third-order valence-electron chi connectivity index (χ3n) is 2.00. The van der Waals surface area contributed by atoms with Crippen molar-refractivity contribution >= 4 is 23.2 Å². The Bertz CT molecular complexity index is 412. The third kappa shape index (κ3) is 1.51. The van der Waals surface area contributed by atoms with Crippen molar-refractivity contribution in [3.63, 3.8) is 0 Å². The summed E-state index contributed by atoms with van der Waals surface area (Å²) in [5, 5.41) is 0.335. The molecule has 0 saturated heterocycles. The first-order valence-corrected chi connectivity index (χ1v) is 4.52. The van der Waals surface area contributed by atoms with Crippen molar-refractivity contribution in [3.8, 4) is 5.75 Å². The van der Waals surface area contributed by atoms with Gasteiger partial charge in [-0.2, -0.15) is 0 Å². The monoisotopic (exact) mass is 210 g/mol. The van der Waals surface area contributed by atoms with Crippen molar-refractivity contribution in [3.05, 3.63) is 28.8 Å². The van der Waals surface area contributed by atoms with Crippen LogP contribution in [-0.4, -0.2) is 18.2 Å². The van der Waals surface area contributed by atoms with Crippen LogP contribution >= 0.6 is 11.6 Å². The third-order valence-corrected chi connectivity index (χ3v) is 2.32. The molecule has 3 nitrogen and oxygen atoms in total. The number of Topliss-reactive ketones (excluding diaryl/α,β-unsaturated/α-hetero) is 2. The van der Waals surface area contributed by atoms with Crippen molar-refractivity contribution in [1.29, 1.82) is 0 Å². The number of benzene rings is 1. The summed E-state index contributed by atoms with van der Waals surface area (Å²) in [5.41, 5.74) is 0.319. The maximum Gasteiger partial charge on any atom is 0.177 e. The van der Waals surface area contributed by atoms with E-state index in [2.05, 4.69) is 0 Å². The van der Waals surface area contributed by atoms with Gasteiger partial charge < -0.3 is 4.74 Å². The predicted octanol–water partition coefficient (Wildman–Crippen LogP) is 1.87. The van der Waals surface area contributed by atoms with Gasteiger partial charge in [-0.15, -0.1) is 0 Å². The van der Waals surface area contributed by atoms with Crippen LogP contribution in [0.1, 0.15) is 16.8 Å². The van der Waals surface area contributed by atoms with Gasteiger partial charge in [0.25, 0.3) is 0 Å². The molecule has 0 radical (unpaired) electrons. The molecule has 1 aromatic carbocycles. The smallest absolute Gasteiger partial charge is 0.177 e. The van der Waals surface area contributed by atoms with Gasteiger partial charge in [-0.3, -0.25) is 9.59 Å². The summed E-state index contributed by atoms with van der Waals surface area (Å²) in [6.45, 7) is -0.0565. The van der Waals surface area contributed by atoms with Crippen LogP contribution in [0.4, 0.5) is 0 Å². The van der Waals surface area contributed by atoms with Gasteiger partial charge in [0.05, 0.1) is 17.0 Å². The van der Waals surface area contributed by atoms with E-state index in [4.69, 9.17) is 16.3 Å². The number of ketones is 2. The number of carbonyl (C=O) groups excluding carboxylic acids is 2. The van der Waals surface area contributed by atoms with E-state index in [9.17, 15) is 9.59 Å². The summed E-state index contributed by atoms with van der Waals surface area (Å²) in [4.78, 5) is 22.6. The molecule has 72 valence electrons. The summed E-state index contributed by atoms with van der Waals surface area (Å²) in [5.74, 6) is -0.0938. The molecule has 1 aromatic rings. The van der Waals surface area contributed by atoms with Crippen molar-refractivity contribution in [2.24, 2.45) is 0 Å². The lowest BCUT2D eigenvalue weighted by Crippen LogP contribution is -2.10. The SMILES string of the molecule is O=C1COc2cccc(Cl)c2C(=O)C1. The van der Waals surface area contributed by atoms with E-state index in [-0.39, 0.29) is 24.6 Å². The van der Waals surface area contributed by atoms with E-state index in [1.165, 1.54) is 0 Å². The van der Waals surface area contributed by atoms with E-state index in [0.717, 1.165) is 0 Å². The highest BCUT2D eigenvalue weighted by Gasteiger charge is 2.23. The van der Waals surface area contributed by atoms with Crippen molar-refractivity contribution < 1.29 is 14.3 Å². The first-order chi connectivity index (χ1) is 6.68. The van der Waals surface area contributed by atoms with Crippen molar-refractivity contribution in [2.45, 2.75) is 6.42 Å². The number of halogens is 1. The normalized spacial score (nSPS) is 15.8. The van der Waals surface area contributed by atoms with E-state index in [1.54, 1.807) is 18.2 Å². The maximum atomic E-state index is 11.6. The quantitative estimate of drug-likeness (QED) is 0.614. The minimum Gasteiger partial charge on any atom is -0.485 e. The van der Waals surface area contributed by atoms with Crippen molar-refractivity contribution in [2.75, 3.05) is 6.61 Å². The van der Waals surface area contributed by atoms with Gasteiger partial charge in [0.15, 0.2) is 11.6 Å². The first kappa shape index (κ1) is 9.21. The molecule has 4 heteroatoms. The molecule has 2 rings (SSSR count). The van der Waals surface area contributed by atoms with Crippen LogP contribution in [-0.2, 0) is 4.79 Å². The maximum absolute atomic E-state index is 11.6. The lowest BCUT2D eigenvalue weighted by Gasteiger charge is -2.05. The van der Waals surface area contributed by atoms with Crippen LogP contribution in [0.5, 0.6) is 5.75 Å². The molecular formula is C10H7ClO3. The van der Waals surface area contributed by atoms with Gasteiger partial charge in [0, 0.05) is 0 Å². The Balaban J connectivity index is 2.54. The first-order valence-electron chi connectivity index (χ1n) is 4.14. The van der Waals surface area contributed by atoms with E-state index < -0.39 is 0 Å². The lowest BCUT2D eigenvalue weighted by molar-refractivity contribution is -0.119. The Labute approximate surface area is 85.6 Å². The van der Waals surface area contributed by atoms with Crippen LogP contribution in [0.3, 0.4) is 0 Å². The molecule has 0 amide bonds. The summed E-state index contributed by atoms with van der Waals surface area (Å²) in [6.07, 6.45) is -0.128. The van der Waals surface area contributed by atoms with Gasteiger partial charge in [0.1, 0.15) is 12.4 Å². The zero-order valence-corrected chi connectivity index (χ0v) is 8.00. The fourth-order valence-corrected chi connectivity index (χ4v) is 1.64. The number of carbonyl (C=O) groups is 2. The fraction of sp³-hybridized carbons (Fsp3) is 0.200. The molecule has 0 aromatic heterocycles. The van der Waals surface area contributed by atoms with Crippen LogP contribution < -0.4 is 4.74 Å². The number of rotatable bonds is 0.